The normalized spacial score (nSPS) is 26.6. The first-order chi connectivity index (χ1) is 7.65. The van der Waals surface area contributed by atoms with Gasteiger partial charge in [-0.05, 0) is 50.4 Å². The molecule has 0 aromatic carbocycles. The first-order valence-corrected chi connectivity index (χ1v) is 6.78. The molecule has 1 fully saturated rings. The van der Waals surface area contributed by atoms with Crippen LogP contribution in [0, 0.1) is 17.8 Å². The van der Waals surface area contributed by atoms with E-state index in [0.29, 0.717) is 5.92 Å². The molecule has 3 N–H and O–H groups in total. The van der Waals surface area contributed by atoms with E-state index in [9.17, 15) is 0 Å². The zero-order chi connectivity index (χ0) is 12.0. The zero-order valence-electron chi connectivity index (χ0n) is 11.2. The van der Waals surface area contributed by atoms with Crippen molar-refractivity contribution in [2.75, 3.05) is 39.3 Å². The summed E-state index contributed by atoms with van der Waals surface area (Å²) in [5.41, 5.74) is 5.76. The van der Waals surface area contributed by atoms with Gasteiger partial charge in [0.15, 0.2) is 0 Å². The standard InChI is InChI=1S/C13H29N3/c1-4-16(9-11(2)3)10-13-5-12(6-14)7-15-8-13/h11-13,15H,4-10,14H2,1-3H3. The minimum atomic E-state index is 0.691. The summed E-state index contributed by atoms with van der Waals surface area (Å²) in [6.45, 7) is 13.6. The minimum Gasteiger partial charge on any atom is -0.330 e. The fraction of sp³-hybridized carbons (Fsp3) is 1.00. The van der Waals surface area contributed by atoms with Crippen molar-refractivity contribution in [1.82, 2.24) is 10.2 Å². The Bertz CT molecular complexity index is 182. The minimum absolute atomic E-state index is 0.691. The SMILES string of the molecule is CCN(CC(C)C)CC1CNCC(CN)C1. The maximum Gasteiger partial charge on any atom is 0.00219 e. The molecule has 3 heteroatoms. The second kappa shape index (κ2) is 7.25. The van der Waals surface area contributed by atoms with Gasteiger partial charge in [-0.1, -0.05) is 20.8 Å². The summed E-state index contributed by atoms with van der Waals surface area (Å²) in [6, 6.07) is 0. The van der Waals surface area contributed by atoms with Gasteiger partial charge in [-0.15, -0.1) is 0 Å². The maximum atomic E-state index is 5.76. The predicted octanol–water partition coefficient (Wildman–Crippen LogP) is 1.15. The van der Waals surface area contributed by atoms with E-state index in [1.165, 1.54) is 32.6 Å². The van der Waals surface area contributed by atoms with Gasteiger partial charge in [0.05, 0.1) is 0 Å². The van der Waals surface area contributed by atoms with Crippen molar-refractivity contribution in [1.29, 1.82) is 0 Å². The monoisotopic (exact) mass is 227 g/mol. The van der Waals surface area contributed by atoms with Crippen LogP contribution >= 0.6 is 0 Å². The van der Waals surface area contributed by atoms with Gasteiger partial charge in [0.25, 0.3) is 0 Å². The number of nitrogens with two attached hydrogens (primary N) is 1. The summed E-state index contributed by atoms with van der Waals surface area (Å²) >= 11 is 0. The van der Waals surface area contributed by atoms with Crippen LogP contribution in [0.3, 0.4) is 0 Å². The summed E-state index contributed by atoms with van der Waals surface area (Å²) < 4.78 is 0. The Balaban J connectivity index is 2.33. The summed E-state index contributed by atoms with van der Waals surface area (Å²) in [5.74, 6) is 2.25. The molecule has 0 spiro atoms. The fourth-order valence-corrected chi connectivity index (χ4v) is 2.66. The molecular formula is C13H29N3. The first-order valence-electron chi connectivity index (χ1n) is 6.78. The topological polar surface area (TPSA) is 41.3 Å². The van der Waals surface area contributed by atoms with Crippen LogP contribution in [0.1, 0.15) is 27.2 Å². The number of hydrogen-bond donors (Lipinski definition) is 2. The highest BCUT2D eigenvalue weighted by atomic mass is 15.1. The van der Waals surface area contributed by atoms with Crippen LogP contribution < -0.4 is 11.1 Å². The third-order valence-electron chi connectivity index (χ3n) is 3.45. The van der Waals surface area contributed by atoms with E-state index < -0.39 is 0 Å². The lowest BCUT2D eigenvalue weighted by molar-refractivity contribution is 0.179. The molecule has 0 bridgehead atoms. The van der Waals surface area contributed by atoms with Crippen LogP contribution in [-0.2, 0) is 0 Å². The molecule has 2 unspecified atom stereocenters. The van der Waals surface area contributed by atoms with Crippen molar-refractivity contribution in [3.05, 3.63) is 0 Å². The molecule has 0 saturated carbocycles. The first kappa shape index (κ1) is 13.9. The smallest absolute Gasteiger partial charge is 0.00219 e. The van der Waals surface area contributed by atoms with Crippen LogP contribution in [0.2, 0.25) is 0 Å². The molecule has 2 atom stereocenters. The summed E-state index contributed by atoms with van der Waals surface area (Å²) in [7, 11) is 0. The number of piperidine rings is 1. The van der Waals surface area contributed by atoms with Gasteiger partial charge in [-0.25, -0.2) is 0 Å². The lowest BCUT2D eigenvalue weighted by Gasteiger charge is -2.33. The van der Waals surface area contributed by atoms with Crippen molar-refractivity contribution in [3.8, 4) is 0 Å². The van der Waals surface area contributed by atoms with Gasteiger partial charge in [0.1, 0.15) is 0 Å². The molecule has 1 saturated heterocycles. The number of rotatable bonds is 6. The third kappa shape index (κ3) is 4.81. The predicted molar refractivity (Wildman–Crippen MR) is 70.5 cm³/mol. The van der Waals surface area contributed by atoms with E-state index in [4.69, 9.17) is 5.73 Å². The summed E-state index contributed by atoms with van der Waals surface area (Å²) in [6.07, 6.45) is 1.30. The fourth-order valence-electron chi connectivity index (χ4n) is 2.66. The van der Waals surface area contributed by atoms with Crippen molar-refractivity contribution < 1.29 is 0 Å². The van der Waals surface area contributed by atoms with Gasteiger partial charge >= 0.3 is 0 Å². The zero-order valence-corrected chi connectivity index (χ0v) is 11.2. The van der Waals surface area contributed by atoms with Crippen molar-refractivity contribution in [2.24, 2.45) is 23.5 Å². The lowest BCUT2D eigenvalue weighted by atomic mass is 9.90. The molecule has 1 aliphatic heterocycles. The van der Waals surface area contributed by atoms with Crippen molar-refractivity contribution >= 4 is 0 Å². The van der Waals surface area contributed by atoms with E-state index in [1.807, 2.05) is 0 Å². The lowest BCUT2D eigenvalue weighted by Crippen LogP contribution is -2.44. The van der Waals surface area contributed by atoms with Gasteiger partial charge < -0.3 is 16.0 Å². The van der Waals surface area contributed by atoms with E-state index in [0.717, 1.165) is 24.9 Å². The molecule has 1 aliphatic rings. The number of nitrogens with zero attached hydrogens (tertiary/aromatic N) is 1. The Hall–Kier alpha value is -0.120. The molecule has 0 amide bonds. The molecule has 1 heterocycles. The van der Waals surface area contributed by atoms with Crippen LogP contribution in [0.4, 0.5) is 0 Å². The number of hydrogen-bond acceptors (Lipinski definition) is 3. The molecule has 0 aromatic heterocycles. The highest BCUT2D eigenvalue weighted by Gasteiger charge is 2.22. The molecule has 1 rings (SSSR count). The quantitative estimate of drug-likeness (QED) is 0.715. The van der Waals surface area contributed by atoms with Crippen LogP contribution in [0.25, 0.3) is 0 Å². The van der Waals surface area contributed by atoms with Gasteiger partial charge in [-0.2, -0.15) is 0 Å². The van der Waals surface area contributed by atoms with Crippen LogP contribution in [0.5, 0.6) is 0 Å². The highest BCUT2D eigenvalue weighted by molar-refractivity contribution is 4.79. The second-order valence-electron chi connectivity index (χ2n) is 5.61. The van der Waals surface area contributed by atoms with Gasteiger partial charge in [0.2, 0.25) is 0 Å². The van der Waals surface area contributed by atoms with Crippen molar-refractivity contribution in [2.45, 2.75) is 27.2 Å². The molecule has 3 nitrogen and oxygen atoms in total. The summed E-state index contributed by atoms with van der Waals surface area (Å²) in [5, 5.41) is 3.51. The Morgan fingerprint density at radius 3 is 2.56 bits per heavy atom. The molecule has 0 aromatic rings. The van der Waals surface area contributed by atoms with Gasteiger partial charge in [-0.3, -0.25) is 0 Å². The molecular weight excluding hydrogens is 198 g/mol. The second-order valence-corrected chi connectivity index (χ2v) is 5.61. The van der Waals surface area contributed by atoms with Gasteiger partial charge in [0, 0.05) is 13.1 Å². The average molecular weight is 227 g/mol. The maximum absolute atomic E-state index is 5.76. The van der Waals surface area contributed by atoms with E-state index >= 15 is 0 Å². The van der Waals surface area contributed by atoms with E-state index in [-0.39, 0.29) is 0 Å². The van der Waals surface area contributed by atoms with E-state index in [2.05, 4.69) is 31.0 Å². The molecule has 96 valence electrons. The van der Waals surface area contributed by atoms with Crippen molar-refractivity contribution in [3.63, 3.8) is 0 Å². The highest BCUT2D eigenvalue weighted by Crippen LogP contribution is 2.17. The van der Waals surface area contributed by atoms with E-state index in [1.54, 1.807) is 0 Å². The Morgan fingerprint density at radius 1 is 1.31 bits per heavy atom. The Labute approximate surface area is 101 Å². The molecule has 0 radical (unpaired) electrons. The molecule has 0 aliphatic carbocycles. The van der Waals surface area contributed by atoms with Crippen LogP contribution in [-0.4, -0.2) is 44.2 Å². The third-order valence-corrected chi connectivity index (χ3v) is 3.45. The summed E-state index contributed by atoms with van der Waals surface area (Å²) in [4.78, 5) is 2.58. The molecule has 16 heavy (non-hydrogen) atoms. The Morgan fingerprint density at radius 2 is 2.00 bits per heavy atom. The number of nitrogens with one attached hydrogen (secondary N) is 1. The largest absolute Gasteiger partial charge is 0.330 e. The van der Waals surface area contributed by atoms with Crippen LogP contribution in [0.15, 0.2) is 0 Å². The average Bonchev–Trinajstić information content (AvgIpc) is 2.28. The Kier molecular flexibility index (Phi) is 6.32.